The van der Waals surface area contributed by atoms with Crippen molar-refractivity contribution in [2.75, 3.05) is 33.1 Å². The van der Waals surface area contributed by atoms with Gasteiger partial charge in [0.2, 0.25) is 0 Å². The standard InChI is InChI=1S/C26H29N3O3S2/c1-17-21(25(31)32-4)23(34-22(17)24(30)29(2)3)28-26(33)27-16-15-20(18-11-7-5-8-12-18)19-13-9-6-10-14-19/h5-14,20H,15-16H2,1-4H3,(H2,27,28,33). The molecule has 0 atom stereocenters. The fourth-order valence-corrected chi connectivity index (χ4v) is 5.22. The molecular weight excluding hydrogens is 466 g/mol. The average molecular weight is 496 g/mol. The van der Waals surface area contributed by atoms with Gasteiger partial charge in [-0.1, -0.05) is 60.7 Å². The number of ether oxygens (including phenoxy) is 1. The zero-order valence-electron chi connectivity index (χ0n) is 19.8. The van der Waals surface area contributed by atoms with E-state index in [0.29, 0.717) is 32.7 Å². The number of nitrogens with zero attached hydrogens (tertiary/aromatic N) is 1. The van der Waals surface area contributed by atoms with Crippen LogP contribution >= 0.6 is 23.6 Å². The third kappa shape index (κ3) is 6.01. The Morgan fingerprint density at radius 3 is 2.09 bits per heavy atom. The van der Waals surface area contributed by atoms with E-state index in [1.165, 1.54) is 34.5 Å². The quantitative estimate of drug-likeness (QED) is 0.337. The number of carbonyl (C=O) groups excluding carboxylic acids is 2. The molecule has 1 heterocycles. The highest BCUT2D eigenvalue weighted by atomic mass is 32.1. The summed E-state index contributed by atoms with van der Waals surface area (Å²) in [6, 6.07) is 20.7. The molecule has 2 aromatic carbocycles. The van der Waals surface area contributed by atoms with Gasteiger partial charge in [-0.3, -0.25) is 4.79 Å². The van der Waals surface area contributed by atoms with Gasteiger partial charge in [-0.2, -0.15) is 0 Å². The Labute approximate surface area is 209 Å². The maximum Gasteiger partial charge on any atom is 0.341 e. The van der Waals surface area contributed by atoms with Crippen LogP contribution in [0, 0.1) is 6.92 Å². The van der Waals surface area contributed by atoms with E-state index in [1.807, 2.05) is 36.4 Å². The Hall–Kier alpha value is -3.23. The van der Waals surface area contributed by atoms with Crippen LogP contribution in [-0.4, -0.2) is 49.6 Å². The topological polar surface area (TPSA) is 70.7 Å². The summed E-state index contributed by atoms with van der Waals surface area (Å²) in [5, 5.41) is 7.23. The molecule has 0 saturated carbocycles. The Morgan fingerprint density at radius 1 is 1.03 bits per heavy atom. The van der Waals surface area contributed by atoms with Crippen molar-refractivity contribution in [3.63, 3.8) is 0 Å². The number of thiophene rings is 1. The molecule has 8 heteroatoms. The third-order valence-corrected chi connectivity index (χ3v) is 6.93. The number of anilines is 1. The molecule has 0 spiro atoms. The van der Waals surface area contributed by atoms with E-state index < -0.39 is 5.97 Å². The number of hydrogen-bond donors (Lipinski definition) is 2. The van der Waals surface area contributed by atoms with Crippen LogP contribution in [0.3, 0.4) is 0 Å². The summed E-state index contributed by atoms with van der Waals surface area (Å²) in [7, 11) is 4.67. The largest absolute Gasteiger partial charge is 0.465 e. The first-order valence-corrected chi connectivity index (χ1v) is 12.1. The lowest BCUT2D eigenvalue weighted by Crippen LogP contribution is -2.30. The van der Waals surface area contributed by atoms with Crippen molar-refractivity contribution in [3.8, 4) is 0 Å². The monoisotopic (exact) mass is 495 g/mol. The van der Waals surface area contributed by atoms with Gasteiger partial charge in [-0.25, -0.2) is 4.79 Å². The lowest BCUT2D eigenvalue weighted by molar-refractivity contribution is 0.0601. The van der Waals surface area contributed by atoms with Crippen LogP contribution in [0.1, 0.15) is 49.1 Å². The lowest BCUT2D eigenvalue weighted by atomic mass is 9.88. The highest BCUT2D eigenvalue weighted by Crippen LogP contribution is 2.34. The normalized spacial score (nSPS) is 10.6. The number of amides is 1. The van der Waals surface area contributed by atoms with E-state index in [-0.39, 0.29) is 11.8 Å². The Bertz CT molecular complexity index is 1110. The highest BCUT2D eigenvalue weighted by Gasteiger charge is 2.26. The third-order valence-electron chi connectivity index (χ3n) is 5.49. The van der Waals surface area contributed by atoms with Gasteiger partial charge in [0.15, 0.2) is 5.11 Å². The fraction of sp³-hybridized carbons (Fsp3) is 0.269. The van der Waals surface area contributed by atoms with E-state index in [0.717, 1.165) is 6.42 Å². The SMILES string of the molecule is COC(=O)c1c(NC(=S)NCCC(c2ccccc2)c2ccccc2)sc(C(=O)N(C)C)c1C. The molecule has 0 fully saturated rings. The van der Waals surface area contributed by atoms with Crippen molar-refractivity contribution in [2.45, 2.75) is 19.3 Å². The van der Waals surface area contributed by atoms with Gasteiger partial charge < -0.3 is 20.3 Å². The van der Waals surface area contributed by atoms with Crippen molar-refractivity contribution < 1.29 is 14.3 Å². The molecule has 34 heavy (non-hydrogen) atoms. The number of hydrogen-bond acceptors (Lipinski definition) is 5. The summed E-state index contributed by atoms with van der Waals surface area (Å²) in [6.07, 6.45) is 0.827. The zero-order valence-corrected chi connectivity index (χ0v) is 21.4. The molecule has 178 valence electrons. The number of rotatable bonds is 8. The molecule has 1 amide bonds. The first-order chi connectivity index (χ1) is 16.3. The summed E-state index contributed by atoms with van der Waals surface area (Å²) in [6.45, 7) is 2.37. The summed E-state index contributed by atoms with van der Waals surface area (Å²) in [4.78, 5) is 26.9. The van der Waals surface area contributed by atoms with E-state index in [2.05, 4.69) is 34.9 Å². The maximum absolute atomic E-state index is 12.6. The molecule has 3 rings (SSSR count). The van der Waals surface area contributed by atoms with Gasteiger partial charge in [0, 0.05) is 26.6 Å². The number of methoxy groups -OCH3 is 1. The van der Waals surface area contributed by atoms with Gasteiger partial charge >= 0.3 is 5.97 Å². The van der Waals surface area contributed by atoms with Crippen LogP contribution in [0.25, 0.3) is 0 Å². The van der Waals surface area contributed by atoms with Crippen molar-refractivity contribution in [2.24, 2.45) is 0 Å². The predicted octanol–water partition coefficient (Wildman–Crippen LogP) is 5.05. The van der Waals surface area contributed by atoms with Crippen molar-refractivity contribution in [1.29, 1.82) is 0 Å². The molecule has 0 radical (unpaired) electrons. The van der Waals surface area contributed by atoms with E-state index in [1.54, 1.807) is 21.0 Å². The number of esters is 1. The summed E-state index contributed by atoms with van der Waals surface area (Å²) < 4.78 is 4.94. The van der Waals surface area contributed by atoms with E-state index in [4.69, 9.17) is 17.0 Å². The second-order valence-electron chi connectivity index (χ2n) is 8.00. The van der Waals surface area contributed by atoms with Crippen LogP contribution in [0.5, 0.6) is 0 Å². The summed E-state index contributed by atoms with van der Waals surface area (Å²) >= 11 is 6.71. The maximum atomic E-state index is 12.6. The van der Waals surface area contributed by atoms with Gasteiger partial charge in [0.25, 0.3) is 5.91 Å². The molecule has 3 aromatic rings. The Kier molecular flexibility index (Phi) is 8.79. The van der Waals surface area contributed by atoms with Crippen LogP contribution in [0.4, 0.5) is 5.00 Å². The average Bonchev–Trinajstić information content (AvgIpc) is 3.17. The number of carbonyl (C=O) groups is 2. The van der Waals surface area contributed by atoms with Gasteiger partial charge in [0.1, 0.15) is 5.00 Å². The minimum Gasteiger partial charge on any atom is -0.465 e. The van der Waals surface area contributed by atoms with Crippen molar-refractivity contribution in [3.05, 3.63) is 87.8 Å². The van der Waals surface area contributed by atoms with E-state index in [9.17, 15) is 9.59 Å². The van der Waals surface area contributed by atoms with Gasteiger partial charge in [-0.15, -0.1) is 11.3 Å². The van der Waals surface area contributed by atoms with Crippen molar-refractivity contribution in [1.82, 2.24) is 10.2 Å². The van der Waals surface area contributed by atoms with Crippen LogP contribution in [0.15, 0.2) is 60.7 Å². The van der Waals surface area contributed by atoms with Crippen LogP contribution in [0.2, 0.25) is 0 Å². The number of nitrogens with one attached hydrogen (secondary N) is 2. The lowest BCUT2D eigenvalue weighted by Gasteiger charge is -2.19. The first kappa shape index (κ1) is 25.4. The first-order valence-electron chi connectivity index (χ1n) is 10.9. The molecule has 0 bridgehead atoms. The molecular formula is C26H29N3O3S2. The molecule has 0 aliphatic carbocycles. The minimum absolute atomic E-state index is 0.173. The molecule has 0 aliphatic rings. The Balaban J connectivity index is 1.72. The minimum atomic E-state index is -0.509. The second-order valence-corrected chi connectivity index (χ2v) is 9.42. The van der Waals surface area contributed by atoms with Crippen LogP contribution in [-0.2, 0) is 4.74 Å². The predicted molar refractivity (Wildman–Crippen MR) is 142 cm³/mol. The highest BCUT2D eigenvalue weighted by molar-refractivity contribution is 7.80. The molecule has 2 N–H and O–H groups in total. The van der Waals surface area contributed by atoms with Gasteiger partial charge in [-0.05, 0) is 42.3 Å². The molecule has 6 nitrogen and oxygen atoms in total. The zero-order chi connectivity index (χ0) is 24.7. The summed E-state index contributed by atoms with van der Waals surface area (Å²) in [5.74, 6) is -0.463. The molecule has 0 unspecified atom stereocenters. The molecule has 1 aromatic heterocycles. The smallest absolute Gasteiger partial charge is 0.341 e. The number of thiocarbonyl (C=S) groups is 1. The van der Waals surface area contributed by atoms with Crippen LogP contribution < -0.4 is 10.6 Å². The van der Waals surface area contributed by atoms with Crippen molar-refractivity contribution >= 4 is 45.5 Å². The van der Waals surface area contributed by atoms with E-state index >= 15 is 0 Å². The second kappa shape index (κ2) is 11.8. The van der Waals surface area contributed by atoms with Gasteiger partial charge in [0.05, 0.1) is 17.6 Å². The molecule has 0 saturated heterocycles. The Morgan fingerprint density at radius 2 is 1.59 bits per heavy atom. The summed E-state index contributed by atoms with van der Waals surface area (Å²) in [5.41, 5.74) is 3.38. The fourth-order valence-electron chi connectivity index (χ4n) is 3.73. The number of benzene rings is 2. The molecule has 0 aliphatic heterocycles.